The molecule has 4 rings (SSSR count). The Morgan fingerprint density at radius 3 is 2.97 bits per heavy atom. The molecule has 0 fully saturated rings. The van der Waals surface area contributed by atoms with Crippen molar-refractivity contribution in [3.8, 4) is 22.9 Å². The molecule has 158 valence electrons. The van der Waals surface area contributed by atoms with Crippen molar-refractivity contribution in [3.05, 3.63) is 60.7 Å². The van der Waals surface area contributed by atoms with Gasteiger partial charge in [0.15, 0.2) is 23.4 Å². The summed E-state index contributed by atoms with van der Waals surface area (Å²) in [6.07, 6.45) is 1.75. The number of para-hydroxylation sites is 1. The normalized spacial score (nSPS) is 12.5. The van der Waals surface area contributed by atoms with Crippen LogP contribution in [0.3, 0.4) is 0 Å². The minimum absolute atomic E-state index is 0.0242. The second-order valence-electron chi connectivity index (χ2n) is 6.67. The van der Waals surface area contributed by atoms with Crippen molar-refractivity contribution in [1.29, 1.82) is 0 Å². The van der Waals surface area contributed by atoms with Gasteiger partial charge in [-0.3, -0.25) is 14.2 Å². The quantitative estimate of drug-likeness (QED) is 0.328. The van der Waals surface area contributed by atoms with Gasteiger partial charge in [0.1, 0.15) is 11.5 Å². The summed E-state index contributed by atoms with van der Waals surface area (Å²) in [6.45, 7) is 4.27. The predicted octanol–water partition coefficient (Wildman–Crippen LogP) is 3.45. The molecular formula is C22H20N4O4S. The molecule has 0 saturated carbocycles. The Morgan fingerprint density at radius 1 is 1.32 bits per heavy atom. The number of ether oxygens (including phenoxy) is 2. The Labute approximate surface area is 183 Å². The zero-order valence-corrected chi connectivity index (χ0v) is 17.6. The summed E-state index contributed by atoms with van der Waals surface area (Å²) in [6, 6.07) is 12.6. The molecule has 1 amide bonds. The number of rotatable bonds is 8. The molecule has 2 heterocycles. The number of carbonyl (C=O) groups excluding carboxylic acids is 2. The molecule has 1 aliphatic heterocycles. The zero-order chi connectivity index (χ0) is 21.8. The number of carbonyl (C=O) groups is 2. The van der Waals surface area contributed by atoms with Gasteiger partial charge in [0.05, 0.1) is 24.1 Å². The summed E-state index contributed by atoms with van der Waals surface area (Å²) in [5, 5.41) is 11.9. The van der Waals surface area contributed by atoms with Crippen LogP contribution in [0.1, 0.15) is 10.4 Å². The van der Waals surface area contributed by atoms with E-state index < -0.39 is 0 Å². The van der Waals surface area contributed by atoms with Gasteiger partial charge >= 0.3 is 0 Å². The van der Waals surface area contributed by atoms with Gasteiger partial charge in [-0.25, -0.2) is 0 Å². The standard InChI is InChI=1S/C22H20N4O4S/c1-3-10-26-21(15-6-4-5-7-18(15)29-2)24-25-22(26)31-13-17(27)14-8-9-19-16(11-14)23-20(28)12-30-19/h3-9,11H,1,10,12-13H2,2H3,(H,23,28). The number of thioether (sulfide) groups is 1. The van der Waals surface area contributed by atoms with E-state index in [0.717, 1.165) is 5.56 Å². The minimum atomic E-state index is -0.243. The Hall–Kier alpha value is -3.59. The molecule has 0 spiro atoms. The maximum Gasteiger partial charge on any atom is 0.262 e. The van der Waals surface area contributed by atoms with Crippen molar-refractivity contribution in [2.75, 3.05) is 24.8 Å². The topological polar surface area (TPSA) is 95.3 Å². The number of fused-ring (bicyclic) bond motifs is 1. The molecule has 8 nitrogen and oxygen atoms in total. The van der Waals surface area contributed by atoms with Crippen LogP contribution in [-0.2, 0) is 11.3 Å². The van der Waals surface area contributed by atoms with E-state index in [1.165, 1.54) is 11.8 Å². The van der Waals surface area contributed by atoms with Crippen LogP contribution in [-0.4, -0.2) is 45.9 Å². The van der Waals surface area contributed by atoms with Gasteiger partial charge in [-0.2, -0.15) is 0 Å². The Kier molecular flexibility index (Phi) is 6.03. The second-order valence-corrected chi connectivity index (χ2v) is 7.61. The monoisotopic (exact) mass is 436 g/mol. The van der Waals surface area contributed by atoms with Crippen molar-refractivity contribution < 1.29 is 19.1 Å². The molecule has 31 heavy (non-hydrogen) atoms. The largest absolute Gasteiger partial charge is 0.496 e. The molecule has 0 aliphatic carbocycles. The van der Waals surface area contributed by atoms with E-state index in [0.29, 0.717) is 40.3 Å². The Bertz CT molecular complexity index is 1160. The fourth-order valence-corrected chi connectivity index (χ4v) is 4.03. The third kappa shape index (κ3) is 4.31. The van der Waals surface area contributed by atoms with Crippen molar-refractivity contribution >= 4 is 29.1 Å². The van der Waals surface area contributed by atoms with Gasteiger partial charge < -0.3 is 14.8 Å². The van der Waals surface area contributed by atoms with E-state index in [4.69, 9.17) is 9.47 Å². The summed E-state index contributed by atoms with van der Waals surface area (Å²) in [4.78, 5) is 24.3. The molecule has 2 aromatic carbocycles. The van der Waals surface area contributed by atoms with Crippen LogP contribution < -0.4 is 14.8 Å². The maximum absolute atomic E-state index is 12.8. The number of nitrogens with zero attached hydrogens (tertiary/aromatic N) is 3. The first-order valence-corrected chi connectivity index (χ1v) is 10.5. The molecule has 0 atom stereocenters. The van der Waals surface area contributed by atoms with Gasteiger partial charge in [0.25, 0.3) is 5.91 Å². The van der Waals surface area contributed by atoms with Gasteiger partial charge in [-0.1, -0.05) is 30.0 Å². The van der Waals surface area contributed by atoms with Crippen LogP contribution in [0.2, 0.25) is 0 Å². The predicted molar refractivity (Wildman–Crippen MR) is 118 cm³/mol. The fraction of sp³-hybridized carbons (Fsp3) is 0.182. The van der Waals surface area contributed by atoms with E-state index in [1.807, 2.05) is 28.8 Å². The van der Waals surface area contributed by atoms with Crippen LogP contribution in [0.4, 0.5) is 5.69 Å². The molecule has 1 N–H and O–H groups in total. The smallest absolute Gasteiger partial charge is 0.262 e. The number of benzene rings is 2. The van der Waals surface area contributed by atoms with E-state index in [-0.39, 0.29) is 24.1 Å². The molecule has 0 saturated heterocycles. The lowest BCUT2D eigenvalue weighted by molar-refractivity contribution is -0.118. The third-order valence-electron chi connectivity index (χ3n) is 4.64. The van der Waals surface area contributed by atoms with E-state index in [2.05, 4.69) is 22.1 Å². The lowest BCUT2D eigenvalue weighted by atomic mass is 10.1. The SMILES string of the molecule is C=CCn1c(SCC(=O)c2ccc3c(c2)NC(=O)CO3)nnc1-c1ccccc1OC. The molecule has 1 aromatic heterocycles. The number of amides is 1. The molecule has 0 unspecified atom stereocenters. The van der Waals surface area contributed by atoms with Crippen LogP contribution in [0.5, 0.6) is 11.5 Å². The van der Waals surface area contributed by atoms with Gasteiger partial charge in [0.2, 0.25) is 0 Å². The lowest BCUT2D eigenvalue weighted by Gasteiger charge is -2.18. The van der Waals surface area contributed by atoms with Gasteiger partial charge in [-0.05, 0) is 30.3 Å². The highest BCUT2D eigenvalue weighted by atomic mass is 32.2. The van der Waals surface area contributed by atoms with E-state index >= 15 is 0 Å². The highest BCUT2D eigenvalue weighted by Crippen LogP contribution is 2.32. The first-order chi connectivity index (χ1) is 15.1. The number of anilines is 1. The number of hydrogen-bond acceptors (Lipinski definition) is 7. The summed E-state index contributed by atoms with van der Waals surface area (Å²) >= 11 is 1.29. The molecule has 1 aliphatic rings. The van der Waals surface area contributed by atoms with Crippen LogP contribution in [0.25, 0.3) is 11.4 Å². The molecule has 0 radical (unpaired) electrons. The Balaban J connectivity index is 1.54. The Morgan fingerprint density at radius 2 is 2.16 bits per heavy atom. The van der Waals surface area contributed by atoms with Crippen molar-refractivity contribution in [2.24, 2.45) is 0 Å². The van der Waals surface area contributed by atoms with Crippen LogP contribution in [0.15, 0.2) is 60.3 Å². The number of nitrogens with one attached hydrogen (secondary N) is 1. The average Bonchev–Trinajstić information content (AvgIpc) is 3.19. The number of ketones is 1. The third-order valence-corrected chi connectivity index (χ3v) is 5.61. The highest BCUT2D eigenvalue weighted by molar-refractivity contribution is 7.99. The number of allylic oxidation sites excluding steroid dienone is 1. The van der Waals surface area contributed by atoms with Crippen molar-refractivity contribution in [3.63, 3.8) is 0 Å². The summed E-state index contributed by atoms with van der Waals surface area (Å²) in [7, 11) is 1.60. The van der Waals surface area contributed by atoms with Crippen LogP contribution in [0, 0.1) is 0 Å². The zero-order valence-electron chi connectivity index (χ0n) is 16.8. The van der Waals surface area contributed by atoms with Crippen molar-refractivity contribution in [1.82, 2.24) is 14.8 Å². The molecule has 3 aromatic rings. The molecule has 9 heteroatoms. The number of Topliss-reactive ketones (excluding diaryl/α,β-unsaturated/α-hetero) is 1. The summed E-state index contributed by atoms with van der Waals surface area (Å²) in [5.74, 6) is 1.70. The maximum atomic E-state index is 12.8. The van der Waals surface area contributed by atoms with Gasteiger partial charge in [-0.15, -0.1) is 16.8 Å². The second kappa shape index (κ2) is 9.05. The molecular weight excluding hydrogens is 416 g/mol. The highest BCUT2D eigenvalue weighted by Gasteiger charge is 2.20. The van der Waals surface area contributed by atoms with E-state index in [9.17, 15) is 9.59 Å². The first kappa shape index (κ1) is 20.7. The lowest BCUT2D eigenvalue weighted by Crippen LogP contribution is -2.25. The van der Waals surface area contributed by atoms with Gasteiger partial charge in [0, 0.05) is 12.1 Å². The minimum Gasteiger partial charge on any atom is -0.496 e. The summed E-state index contributed by atoms with van der Waals surface area (Å²) < 4.78 is 12.7. The van der Waals surface area contributed by atoms with E-state index in [1.54, 1.807) is 31.4 Å². The van der Waals surface area contributed by atoms with Crippen molar-refractivity contribution in [2.45, 2.75) is 11.7 Å². The molecule has 0 bridgehead atoms. The number of aromatic nitrogens is 3. The van der Waals surface area contributed by atoms with Crippen LogP contribution >= 0.6 is 11.8 Å². The first-order valence-electron chi connectivity index (χ1n) is 9.51. The summed E-state index contributed by atoms with van der Waals surface area (Å²) in [5.41, 5.74) is 1.79. The fourth-order valence-electron chi connectivity index (χ4n) is 3.19. The average molecular weight is 436 g/mol. The number of methoxy groups -OCH3 is 1. The number of hydrogen-bond donors (Lipinski definition) is 1.